The summed E-state index contributed by atoms with van der Waals surface area (Å²) in [6.07, 6.45) is 1.25. The Bertz CT molecular complexity index is 733. The van der Waals surface area contributed by atoms with E-state index < -0.39 is 0 Å². The number of ether oxygens (including phenoxy) is 1. The molecule has 0 atom stereocenters. The molecule has 0 aliphatic heterocycles. The quantitative estimate of drug-likeness (QED) is 0.847. The van der Waals surface area contributed by atoms with Crippen molar-refractivity contribution in [1.29, 1.82) is 0 Å². The van der Waals surface area contributed by atoms with E-state index in [0.29, 0.717) is 12.2 Å². The lowest BCUT2D eigenvalue weighted by Crippen LogP contribution is -2.20. The number of ketones is 1. The minimum atomic E-state index is -0.227. The summed E-state index contributed by atoms with van der Waals surface area (Å²) in [5, 5.41) is 7.09. The number of carbonyl (C=O) groups is 2. The molecule has 1 aromatic carbocycles. The Hall–Kier alpha value is -2.63. The van der Waals surface area contributed by atoms with Gasteiger partial charge in [-0.15, -0.1) is 0 Å². The summed E-state index contributed by atoms with van der Waals surface area (Å²) in [6.45, 7) is 5.27. The molecule has 24 heavy (non-hydrogen) atoms. The SMILES string of the molecule is CC(=O)CCc1ccc(OCC(=O)Nc2c(C)nn(C)c2C)cc1. The fourth-order valence-corrected chi connectivity index (χ4v) is 2.35. The van der Waals surface area contributed by atoms with Crippen LogP contribution in [-0.4, -0.2) is 28.1 Å². The number of hydrogen-bond donors (Lipinski definition) is 1. The van der Waals surface area contributed by atoms with E-state index in [-0.39, 0.29) is 18.3 Å². The van der Waals surface area contributed by atoms with Crippen molar-refractivity contribution in [2.24, 2.45) is 7.05 Å². The van der Waals surface area contributed by atoms with Gasteiger partial charge in [0.05, 0.1) is 17.1 Å². The van der Waals surface area contributed by atoms with E-state index in [4.69, 9.17) is 4.74 Å². The number of amides is 1. The molecule has 0 spiro atoms. The molecule has 0 bridgehead atoms. The number of nitrogens with zero attached hydrogens (tertiary/aromatic N) is 2. The van der Waals surface area contributed by atoms with Crippen LogP contribution in [0.4, 0.5) is 5.69 Å². The van der Waals surface area contributed by atoms with Crippen molar-refractivity contribution in [3.8, 4) is 5.75 Å². The third kappa shape index (κ3) is 4.68. The summed E-state index contributed by atoms with van der Waals surface area (Å²) in [7, 11) is 1.84. The fraction of sp³-hybridized carbons (Fsp3) is 0.389. The van der Waals surface area contributed by atoms with Gasteiger partial charge >= 0.3 is 0 Å². The zero-order valence-electron chi connectivity index (χ0n) is 14.5. The number of hydrogen-bond acceptors (Lipinski definition) is 4. The van der Waals surface area contributed by atoms with E-state index in [1.54, 1.807) is 11.6 Å². The maximum absolute atomic E-state index is 12.0. The van der Waals surface area contributed by atoms with Gasteiger partial charge in [0.1, 0.15) is 11.5 Å². The molecule has 0 unspecified atom stereocenters. The lowest BCUT2D eigenvalue weighted by molar-refractivity contribution is -0.118. The van der Waals surface area contributed by atoms with E-state index in [0.717, 1.165) is 29.1 Å². The minimum absolute atomic E-state index is 0.0689. The average molecular weight is 329 g/mol. The van der Waals surface area contributed by atoms with E-state index >= 15 is 0 Å². The van der Waals surface area contributed by atoms with Crippen LogP contribution in [0.25, 0.3) is 0 Å². The molecule has 0 fully saturated rings. The van der Waals surface area contributed by atoms with Crippen LogP contribution in [0.1, 0.15) is 30.3 Å². The van der Waals surface area contributed by atoms with Gasteiger partial charge in [-0.05, 0) is 44.9 Å². The van der Waals surface area contributed by atoms with Crippen LogP contribution in [0.15, 0.2) is 24.3 Å². The summed E-state index contributed by atoms with van der Waals surface area (Å²) in [5.41, 5.74) is 3.48. The van der Waals surface area contributed by atoms with Crippen LogP contribution >= 0.6 is 0 Å². The van der Waals surface area contributed by atoms with Crippen LogP contribution in [0.5, 0.6) is 5.75 Å². The maximum Gasteiger partial charge on any atom is 0.262 e. The molecule has 6 heteroatoms. The number of benzene rings is 1. The second kappa shape index (κ2) is 7.77. The largest absolute Gasteiger partial charge is 0.484 e. The second-order valence-corrected chi connectivity index (χ2v) is 5.85. The van der Waals surface area contributed by atoms with Crippen LogP contribution < -0.4 is 10.1 Å². The summed E-state index contributed by atoms with van der Waals surface area (Å²) in [5.74, 6) is 0.569. The number of Topliss-reactive ketones (excluding diaryl/α,β-unsaturated/α-hetero) is 1. The zero-order chi connectivity index (χ0) is 17.7. The van der Waals surface area contributed by atoms with Crippen LogP contribution in [0.2, 0.25) is 0 Å². The van der Waals surface area contributed by atoms with E-state index in [1.807, 2.05) is 45.2 Å². The normalized spacial score (nSPS) is 10.5. The lowest BCUT2D eigenvalue weighted by atomic mass is 10.1. The molecular formula is C18H23N3O3. The molecule has 0 aliphatic carbocycles. The third-order valence-corrected chi connectivity index (χ3v) is 3.83. The number of aryl methyl sites for hydroxylation is 3. The summed E-state index contributed by atoms with van der Waals surface area (Å²) in [6, 6.07) is 7.43. The van der Waals surface area contributed by atoms with Crippen molar-refractivity contribution in [2.45, 2.75) is 33.6 Å². The topological polar surface area (TPSA) is 73.2 Å². The molecule has 6 nitrogen and oxygen atoms in total. The Kier molecular flexibility index (Phi) is 5.73. The standard InChI is InChI=1S/C18H23N3O3/c1-12(22)5-6-15-7-9-16(10-8-15)24-11-17(23)19-18-13(2)20-21(4)14(18)3/h7-10H,5-6,11H2,1-4H3,(H,19,23). The van der Waals surface area contributed by atoms with Crippen molar-refractivity contribution in [1.82, 2.24) is 9.78 Å². The molecule has 0 saturated carbocycles. The first kappa shape index (κ1) is 17.7. The summed E-state index contributed by atoms with van der Waals surface area (Å²) >= 11 is 0. The Balaban J connectivity index is 1.86. The van der Waals surface area contributed by atoms with Crippen molar-refractivity contribution < 1.29 is 14.3 Å². The van der Waals surface area contributed by atoms with E-state index in [9.17, 15) is 9.59 Å². The first-order chi connectivity index (χ1) is 11.4. The van der Waals surface area contributed by atoms with Gasteiger partial charge in [0.2, 0.25) is 0 Å². The molecule has 1 heterocycles. The van der Waals surface area contributed by atoms with Gasteiger partial charge in [-0.1, -0.05) is 12.1 Å². The van der Waals surface area contributed by atoms with Crippen molar-refractivity contribution >= 4 is 17.4 Å². The van der Waals surface area contributed by atoms with Gasteiger partial charge in [0.25, 0.3) is 5.91 Å². The fourth-order valence-electron chi connectivity index (χ4n) is 2.35. The smallest absolute Gasteiger partial charge is 0.262 e. The van der Waals surface area contributed by atoms with Crippen LogP contribution in [0.3, 0.4) is 0 Å². The lowest BCUT2D eigenvalue weighted by Gasteiger charge is -2.08. The number of carbonyl (C=O) groups excluding carboxylic acids is 2. The molecule has 1 N–H and O–H groups in total. The van der Waals surface area contributed by atoms with Crippen LogP contribution in [0, 0.1) is 13.8 Å². The summed E-state index contributed by atoms with van der Waals surface area (Å²) in [4.78, 5) is 23.0. The second-order valence-electron chi connectivity index (χ2n) is 5.85. The van der Waals surface area contributed by atoms with Gasteiger partial charge in [0, 0.05) is 13.5 Å². The number of aromatic nitrogens is 2. The van der Waals surface area contributed by atoms with Gasteiger partial charge in [0.15, 0.2) is 6.61 Å². The Morgan fingerprint density at radius 1 is 1.21 bits per heavy atom. The molecule has 2 rings (SSSR count). The molecule has 128 valence electrons. The predicted octanol–water partition coefficient (Wildman–Crippen LogP) is 2.58. The highest BCUT2D eigenvalue weighted by molar-refractivity contribution is 5.93. The highest BCUT2D eigenvalue weighted by Gasteiger charge is 2.12. The molecular weight excluding hydrogens is 306 g/mol. The number of nitrogens with one attached hydrogen (secondary N) is 1. The van der Waals surface area contributed by atoms with Crippen molar-refractivity contribution in [3.63, 3.8) is 0 Å². The highest BCUT2D eigenvalue weighted by atomic mass is 16.5. The Morgan fingerprint density at radius 2 is 1.88 bits per heavy atom. The monoisotopic (exact) mass is 329 g/mol. The number of anilines is 1. The molecule has 1 amide bonds. The molecule has 0 radical (unpaired) electrons. The molecule has 1 aromatic heterocycles. The Labute approximate surface area is 141 Å². The Morgan fingerprint density at radius 3 is 2.42 bits per heavy atom. The first-order valence-electron chi connectivity index (χ1n) is 7.88. The van der Waals surface area contributed by atoms with Gasteiger partial charge in [-0.2, -0.15) is 5.10 Å². The predicted molar refractivity (Wildman–Crippen MR) is 92.3 cm³/mol. The van der Waals surface area contributed by atoms with Crippen molar-refractivity contribution in [3.05, 3.63) is 41.2 Å². The van der Waals surface area contributed by atoms with Crippen molar-refractivity contribution in [2.75, 3.05) is 11.9 Å². The van der Waals surface area contributed by atoms with Gasteiger partial charge in [-0.25, -0.2) is 0 Å². The van der Waals surface area contributed by atoms with Crippen LogP contribution in [-0.2, 0) is 23.1 Å². The van der Waals surface area contributed by atoms with Gasteiger partial charge < -0.3 is 14.8 Å². The molecule has 0 saturated heterocycles. The van der Waals surface area contributed by atoms with E-state index in [1.165, 1.54) is 0 Å². The third-order valence-electron chi connectivity index (χ3n) is 3.83. The minimum Gasteiger partial charge on any atom is -0.484 e. The maximum atomic E-state index is 12.0. The average Bonchev–Trinajstić information content (AvgIpc) is 2.78. The zero-order valence-corrected chi connectivity index (χ0v) is 14.5. The molecule has 0 aliphatic rings. The first-order valence-corrected chi connectivity index (χ1v) is 7.88. The number of rotatable bonds is 7. The van der Waals surface area contributed by atoms with E-state index in [2.05, 4.69) is 10.4 Å². The van der Waals surface area contributed by atoms with Gasteiger partial charge in [-0.3, -0.25) is 9.48 Å². The summed E-state index contributed by atoms with van der Waals surface area (Å²) < 4.78 is 7.23. The highest BCUT2D eigenvalue weighted by Crippen LogP contribution is 2.18. The molecule has 2 aromatic rings.